The molecule has 2 N–H and O–H groups in total. The predicted octanol–water partition coefficient (Wildman–Crippen LogP) is 3.05. The summed E-state index contributed by atoms with van der Waals surface area (Å²) in [5, 5.41) is 12.3. The normalized spacial score (nSPS) is 28.5. The Kier molecular flexibility index (Phi) is 5.80. The fraction of sp³-hybridized carbons (Fsp3) is 0.667. The largest absolute Gasteiger partial charge is 0.396 e. The van der Waals surface area contributed by atoms with E-state index in [2.05, 4.69) is 36.2 Å². The summed E-state index contributed by atoms with van der Waals surface area (Å²) in [6, 6.07) is 11.7. The zero-order valence-electron chi connectivity index (χ0n) is 15.6. The zero-order valence-corrected chi connectivity index (χ0v) is 15.6. The highest BCUT2D eigenvalue weighted by Crippen LogP contribution is 2.39. The van der Waals surface area contributed by atoms with E-state index in [0.29, 0.717) is 0 Å². The lowest BCUT2D eigenvalue weighted by Crippen LogP contribution is -2.49. The molecule has 1 aromatic rings. The molecular weight excluding hydrogens is 312 g/mol. The molecule has 2 fully saturated rings. The van der Waals surface area contributed by atoms with Crippen LogP contribution in [-0.2, 0) is 10.3 Å². The molecule has 2 aliphatic rings. The quantitative estimate of drug-likeness (QED) is 0.799. The summed E-state index contributed by atoms with van der Waals surface area (Å²) >= 11 is 0. The molecule has 2 aliphatic heterocycles. The van der Waals surface area contributed by atoms with Crippen LogP contribution in [0, 0.1) is 5.92 Å². The van der Waals surface area contributed by atoms with E-state index in [9.17, 15) is 4.79 Å². The van der Waals surface area contributed by atoms with Crippen molar-refractivity contribution in [1.29, 1.82) is 0 Å². The molecule has 2 saturated heterocycles. The van der Waals surface area contributed by atoms with E-state index < -0.39 is 5.54 Å². The second-order valence-corrected chi connectivity index (χ2v) is 8.17. The van der Waals surface area contributed by atoms with Crippen LogP contribution in [-0.4, -0.2) is 41.1 Å². The van der Waals surface area contributed by atoms with Gasteiger partial charge in [0.1, 0.15) is 0 Å². The fourth-order valence-corrected chi connectivity index (χ4v) is 4.82. The Morgan fingerprint density at radius 1 is 1.24 bits per heavy atom. The first kappa shape index (κ1) is 18.4. The molecule has 0 aliphatic carbocycles. The van der Waals surface area contributed by atoms with E-state index in [-0.39, 0.29) is 18.9 Å². The van der Waals surface area contributed by atoms with Crippen molar-refractivity contribution in [2.75, 3.05) is 13.2 Å². The standard InChI is InChI=1S/C21H32N2O2/c1-16-14-18-8-9-19(15-16)23(18)12-11-21(2,22-20(25)10-13-24)17-6-4-3-5-7-17/h3-7,16,18-19,24H,8-15H2,1-2H3,(H,22,25)/t16?,18?,19?,21-/m1/s1. The van der Waals surface area contributed by atoms with Crippen LogP contribution < -0.4 is 5.32 Å². The number of fused-ring (bicyclic) bond motifs is 2. The Morgan fingerprint density at radius 2 is 1.88 bits per heavy atom. The van der Waals surface area contributed by atoms with Crippen LogP contribution in [0.3, 0.4) is 0 Å². The van der Waals surface area contributed by atoms with Gasteiger partial charge in [-0.15, -0.1) is 0 Å². The van der Waals surface area contributed by atoms with Crippen LogP contribution >= 0.6 is 0 Å². The van der Waals surface area contributed by atoms with Gasteiger partial charge < -0.3 is 10.4 Å². The molecule has 1 aromatic carbocycles. The first-order valence-electron chi connectivity index (χ1n) is 9.75. The van der Waals surface area contributed by atoms with Crippen LogP contribution in [0.2, 0.25) is 0 Å². The van der Waals surface area contributed by atoms with Crippen LogP contribution in [0.25, 0.3) is 0 Å². The topological polar surface area (TPSA) is 52.6 Å². The molecule has 0 radical (unpaired) electrons. The molecule has 3 atom stereocenters. The van der Waals surface area contributed by atoms with Crippen LogP contribution in [0.5, 0.6) is 0 Å². The van der Waals surface area contributed by atoms with E-state index in [1.54, 1.807) is 0 Å². The van der Waals surface area contributed by atoms with Crippen molar-refractivity contribution in [3.8, 4) is 0 Å². The highest BCUT2D eigenvalue weighted by Gasteiger charge is 2.40. The molecule has 2 bridgehead atoms. The molecule has 1 amide bonds. The summed E-state index contributed by atoms with van der Waals surface area (Å²) in [4.78, 5) is 14.9. The number of piperidine rings is 1. The van der Waals surface area contributed by atoms with Crippen molar-refractivity contribution in [3.05, 3.63) is 35.9 Å². The van der Waals surface area contributed by atoms with Gasteiger partial charge in [0.15, 0.2) is 0 Å². The second-order valence-electron chi connectivity index (χ2n) is 8.17. The molecular formula is C21H32N2O2. The summed E-state index contributed by atoms with van der Waals surface area (Å²) in [5.41, 5.74) is 0.745. The maximum atomic E-state index is 12.2. The van der Waals surface area contributed by atoms with Crippen molar-refractivity contribution in [3.63, 3.8) is 0 Å². The molecule has 2 heterocycles. The van der Waals surface area contributed by atoms with Gasteiger partial charge in [-0.2, -0.15) is 0 Å². The minimum absolute atomic E-state index is 0.0795. The first-order chi connectivity index (χ1) is 12.0. The molecule has 2 unspecified atom stereocenters. The van der Waals surface area contributed by atoms with Gasteiger partial charge in [-0.1, -0.05) is 37.3 Å². The number of nitrogens with one attached hydrogen (secondary N) is 1. The van der Waals surface area contributed by atoms with E-state index in [1.807, 2.05) is 18.2 Å². The summed E-state index contributed by atoms with van der Waals surface area (Å²) in [6.07, 6.45) is 6.34. The summed E-state index contributed by atoms with van der Waals surface area (Å²) in [5.74, 6) is 0.766. The third kappa shape index (κ3) is 4.24. The predicted molar refractivity (Wildman–Crippen MR) is 100 cm³/mol. The van der Waals surface area contributed by atoms with Crippen LogP contribution in [0.4, 0.5) is 0 Å². The van der Waals surface area contributed by atoms with Gasteiger partial charge in [0.2, 0.25) is 5.91 Å². The average Bonchev–Trinajstić information content (AvgIpc) is 2.84. The third-order valence-corrected chi connectivity index (χ3v) is 6.16. The maximum absolute atomic E-state index is 12.2. The Hall–Kier alpha value is -1.39. The van der Waals surface area contributed by atoms with Crippen molar-refractivity contribution in [2.45, 2.75) is 70.0 Å². The Labute approximate surface area is 151 Å². The molecule has 3 rings (SSSR count). The van der Waals surface area contributed by atoms with Gasteiger partial charge in [0, 0.05) is 25.0 Å². The van der Waals surface area contributed by atoms with Gasteiger partial charge in [-0.05, 0) is 50.5 Å². The number of hydrogen-bond acceptors (Lipinski definition) is 3. The lowest BCUT2D eigenvalue weighted by atomic mass is 9.86. The van der Waals surface area contributed by atoms with E-state index >= 15 is 0 Å². The number of hydrogen-bond donors (Lipinski definition) is 2. The van der Waals surface area contributed by atoms with Crippen molar-refractivity contribution < 1.29 is 9.90 Å². The SMILES string of the molecule is CC1CC2CCC(C1)N2CC[C@@](C)(NC(=O)CCO)c1ccccc1. The number of carbonyl (C=O) groups excluding carboxylic acids is 1. The fourth-order valence-electron chi connectivity index (χ4n) is 4.82. The molecule has 25 heavy (non-hydrogen) atoms. The Bertz CT molecular complexity index is 563. The van der Waals surface area contributed by atoms with Gasteiger partial charge in [-0.25, -0.2) is 0 Å². The van der Waals surface area contributed by atoms with E-state index in [0.717, 1.165) is 36.5 Å². The number of aliphatic hydroxyl groups excluding tert-OH is 1. The monoisotopic (exact) mass is 344 g/mol. The Balaban J connectivity index is 1.71. The summed E-state index contributed by atoms with van der Waals surface area (Å²) in [6.45, 7) is 5.41. The van der Waals surface area contributed by atoms with Crippen molar-refractivity contribution >= 4 is 5.91 Å². The van der Waals surface area contributed by atoms with Crippen molar-refractivity contribution in [2.24, 2.45) is 5.92 Å². The van der Waals surface area contributed by atoms with Gasteiger partial charge >= 0.3 is 0 Å². The molecule has 0 spiro atoms. The smallest absolute Gasteiger partial charge is 0.222 e. The number of rotatable bonds is 7. The number of benzene rings is 1. The van der Waals surface area contributed by atoms with Gasteiger partial charge in [0.05, 0.1) is 12.1 Å². The van der Waals surface area contributed by atoms with Crippen LogP contribution in [0.1, 0.15) is 57.9 Å². The number of amides is 1. The second kappa shape index (κ2) is 7.88. The minimum Gasteiger partial charge on any atom is -0.396 e. The molecule has 0 saturated carbocycles. The van der Waals surface area contributed by atoms with Gasteiger partial charge in [0.25, 0.3) is 0 Å². The van der Waals surface area contributed by atoms with Crippen LogP contribution in [0.15, 0.2) is 30.3 Å². The van der Waals surface area contributed by atoms with Crippen molar-refractivity contribution in [1.82, 2.24) is 10.2 Å². The third-order valence-electron chi connectivity index (χ3n) is 6.16. The minimum atomic E-state index is -0.393. The lowest BCUT2D eigenvalue weighted by molar-refractivity contribution is -0.123. The molecule has 138 valence electrons. The maximum Gasteiger partial charge on any atom is 0.222 e. The zero-order chi connectivity index (χ0) is 17.9. The van der Waals surface area contributed by atoms with Gasteiger partial charge in [-0.3, -0.25) is 9.69 Å². The highest BCUT2D eigenvalue weighted by atomic mass is 16.3. The van der Waals surface area contributed by atoms with E-state index in [1.165, 1.54) is 25.7 Å². The lowest BCUT2D eigenvalue weighted by Gasteiger charge is -2.40. The molecule has 4 heteroatoms. The number of aliphatic hydroxyl groups is 1. The number of carbonyl (C=O) groups is 1. The summed E-state index contributed by atoms with van der Waals surface area (Å²) < 4.78 is 0. The molecule has 0 aromatic heterocycles. The molecule has 4 nitrogen and oxygen atoms in total. The first-order valence-corrected chi connectivity index (χ1v) is 9.75. The van der Waals surface area contributed by atoms with E-state index in [4.69, 9.17) is 5.11 Å². The average molecular weight is 344 g/mol. The Morgan fingerprint density at radius 3 is 2.48 bits per heavy atom. The number of nitrogens with zero attached hydrogens (tertiary/aromatic N) is 1. The summed E-state index contributed by atoms with van der Waals surface area (Å²) in [7, 11) is 0. The highest BCUT2D eigenvalue weighted by molar-refractivity contribution is 5.77.